The van der Waals surface area contributed by atoms with Crippen molar-refractivity contribution in [2.24, 2.45) is 0 Å². The molecule has 0 saturated carbocycles. The van der Waals surface area contributed by atoms with Gasteiger partial charge in [-0.05, 0) is 43.1 Å². The summed E-state index contributed by atoms with van der Waals surface area (Å²) in [6.07, 6.45) is -5.41. The van der Waals surface area contributed by atoms with E-state index in [4.69, 9.17) is 9.16 Å². The van der Waals surface area contributed by atoms with Crippen LogP contribution >= 0.6 is 0 Å². The first kappa shape index (κ1) is 21.9. The number of aliphatic hydroxyl groups excluding tert-OH is 1. The second-order valence-electron chi connectivity index (χ2n) is 7.75. The van der Waals surface area contributed by atoms with E-state index >= 15 is 0 Å². The van der Waals surface area contributed by atoms with Gasteiger partial charge in [0.1, 0.15) is 0 Å². The Bertz CT molecular complexity index is 597. The monoisotopic (exact) mass is 382 g/mol. The zero-order chi connectivity index (χ0) is 19.7. The SMILES string of the molecule is COc1cccc(C(C)(C)CC(CO)(O[Si](C)(C)C)C(F)(F)F)c1F. The molecule has 0 aliphatic rings. The van der Waals surface area contributed by atoms with Crippen LogP contribution in [0.5, 0.6) is 5.75 Å². The lowest BCUT2D eigenvalue weighted by molar-refractivity contribution is -0.269. The second kappa shape index (κ2) is 7.24. The summed E-state index contributed by atoms with van der Waals surface area (Å²) in [5.74, 6) is -0.754. The van der Waals surface area contributed by atoms with E-state index in [0.717, 1.165) is 0 Å². The van der Waals surface area contributed by atoms with Crippen LogP contribution in [0.25, 0.3) is 0 Å². The molecule has 0 spiro atoms. The lowest BCUT2D eigenvalue weighted by atomic mass is 9.75. The molecule has 0 radical (unpaired) electrons. The molecule has 0 aliphatic carbocycles. The van der Waals surface area contributed by atoms with Crippen LogP contribution in [-0.2, 0) is 9.84 Å². The minimum Gasteiger partial charge on any atom is -0.494 e. The first-order valence-corrected chi connectivity index (χ1v) is 11.3. The highest BCUT2D eigenvalue weighted by Crippen LogP contribution is 2.45. The van der Waals surface area contributed by atoms with Gasteiger partial charge in [0, 0.05) is 0 Å². The highest BCUT2D eigenvalue weighted by atomic mass is 28.4. The van der Waals surface area contributed by atoms with Gasteiger partial charge in [-0.15, -0.1) is 0 Å². The van der Waals surface area contributed by atoms with E-state index < -0.39 is 44.4 Å². The number of benzene rings is 1. The molecular weight excluding hydrogens is 356 g/mol. The third kappa shape index (κ3) is 4.95. The van der Waals surface area contributed by atoms with E-state index in [-0.39, 0.29) is 11.3 Å². The average Bonchev–Trinajstić information content (AvgIpc) is 2.43. The van der Waals surface area contributed by atoms with Crippen LogP contribution in [0.1, 0.15) is 25.8 Å². The standard InChI is InChI=1S/C17H26F4O3Si/c1-15(2,12-8-7-9-13(23-3)14(12)18)10-16(11-22,17(19,20)21)24-25(4,5)6/h7-9,22H,10-11H2,1-6H3. The quantitative estimate of drug-likeness (QED) is 0.551. The summed E-state index contributed by atoms with van der Waals surface area (Å²) in [6.45, 7) is 6.60. The molecule has 0 bridgehead atoms. The van der Waals surface area contributed by atoms with Crippen molar-refractivity contribution in [1.29, 1.82) is 0 Å². The van der Waals surface area contributed by atoms with Crippen LogP contribution in [0, 0.1) is 5.82 Å². The van der Waals surface area contributed by atoms with Crippen molar-refractivity contribution < 1.29 is 31.8 Å². The van der Waals surface area contributed by atoms with Gasteiger partial charge in [-0.1, -0.05) is 26.0 Å². The number of hydrogen-bond donors (Lipinski definition) is 1. The lowest BCUT2D eigenvalue weighted by Crippen LogP contribution is -2.58. The number of hydrogen-bond acceptors (Lipinski definition) is 3. The third-order valence-electron chi connectivity index (χ3n) is 3.91. The van der Waals surface area contributed by atoms with Gasteiger partial charge in [0.15, 0.2) is 25.5 Å². The molecule has 0 aliphatic heterocycles. The number of aliphatic hydroxyl groups is 1. The molecule has 25 heavy (non-hydrogen) atoms. The molecule has 1 N–H and O–H groups in total. The van der Waals surface area contributed by atoms with Crippen molar-refractivity contribution in [3.8, 4) is 5.75 Å². The topological polar surface area (TPSA) is 38.7 Å². The molecule has 0 fully saturated rings. The molecule has 0 heterocycles. The summed E-state index contributed by atoms with van der Waals surface area (Å²) in [5, 5.41) is 9.61. The summed E-state index contributed by atoms with van der Waals surface area (Å²) in [7, 11) is -1.37. The molecule has 1 unspecified atom stereocenters. The fourth-order valence-corrected chi connectivity index (χ4v) is 4.38. The predicted molar refractivity (Wildman–Crippen MR) is 90.9 cm³/mol. The van der Waals surface area contributed by atoms with E-state index in [9.17, 15) is 22.7 Å². The summed E-state index contributed by atoms with van der Waals surface area (Å²) in [5.41, 5.74) is -3.93. The lowest BCUT2D eigenvalue weighted by Gasteiger charge is -2.43. The van der Waals surface area contributed by atoms with Crippen molar-refractivity contribution in [2.45, 2.75) is 57.1 Å². The molecule has 1 rings (SSSR count). The number of ether oxygens (including phenoxy) is 1. The Balaban J connectivity index is 3.40. The average molecular weight is 382 g/mol. The van der Waals surface area contributed by atoms with E-state index in [1.807, 2.05) is 0 Å². The number of methoxy groups -OCH3 is 1. The largest absolute Gasteiger partial charge is 0.494 e. The van der Waals surface area contributed by atoms with Crippen LogP contribution in [0.3, 0.4) is 0 Å². The van der Waals surface area contributed by atoms with Gasteiger partial charge < -0.3 is 14.3 Å². The summed E-state index contributed by atoms with van der Waals surface area (Å²) < 4.78 is 66.3. The first-order chi connectivity index (χ1) is 11.2. The third-order valence-corrected chi connectivity index (χ3v) is 4.92. The maximum absolute atomic E-state index is 14.6. The normalized spacial score (nSPS) is 15.8. The molecule has 3 nitrogen and oxygen atoms in total. The molecule has 8 heteroatoms. The minimum atomic E-state index is -4.80. The molecule has 144 valence electrons. The molecule has 1 atom stereocenters. The van der Waals surface area contributed by atoms with Gasteiger partial charge in [0.25, 0.3) is 0 Å². The Labute approximate surface area is 147 Å². The van der Waals surface area contributed by atoms with Crippen LogP contribution in [-0.4, -0.2) is 38.9 Å². The van der Waals surface area contributed by atoms with Gasteiger partial charge in [-0.25, -0.2) is 4.39 Å². The van der Waals surface area contributed by atoms with Crippen molar-refractivity contribution in [2.75, 3.05) is 13.7 Å². The van der Waals surface area contributed by atoms with Gasteiger partial charge in [-0.2, -0.15) is 13.2 Å². The van der Waals surface area contributed by atoms with E-state index in [2.05, 4.69) is 0 Å². The Hall–Kier alpha value is -1.12. The van der Waals surface area contributed by atoms with Crippen molar-refractivity contribution in [3.63, 3.8) is 0 Å². The van der Waals surface area contributed by atoms with Gasteiger partial charge in [0.05, 0.1) is 13.7 Å². The number of halogens is 4. The second-order valence-corrected chi connectivity index (χ2v) is 12.2. The van der Waals surface area contributed by atoms with Gasteiger partial charge in [-0.3, -0.25) is 0 Å². The van der Waals surface area contributed by atoms with Gasteiger partial charge >= 0.3 is 6.18 Å². The van der Waals surface area contributed by atoms with Crippen molar-refractivity contribution in [1.82, 2.24) is 0 Å². The van der Waals surface area contributed by atoms with E-state index in [1.54, 1.807) is 19.6 Å². The number of rotatable bonds is 7. The molecular formula is C17H26F4O3Si. The fraction of sp³-hybridized carbons (Fsp3) is 0.647. The molecule has 0 aromatic heterocycles. The van der Waals surface area contributed by atoms with Gasteiger partial charge in [0.2, 0.25) is 0 Å². The summed E-state index contributed by atoms with van der Waals surface area (Å²) in [6, 6.07) is 4.34. The molecule has 0 amide bonds. The van der Waals surface area contributed by atoms with Crippen LogP contribution in [0.15, 0.2) is 18.2 Å². The molecule has 1 aromatic rings. The first-order valence-electron chi connectivity index (χ1n) is 7.90. The maximum atomic E-state index is 14.6. The van der Waals surface area contributed by atoms with Crippen LogP contribution in [0.4, 0.5) is 17.6 Å². The highest BCUT2D eigenvalue weighted by Gasteiger charge is 2.59. The van der Waals surface area contributed by atoms with E-state index in [1.165, 1.54) is 39.2 Å². The summed E-state index contributed by atoms with van der Waals surface area (Å²) >= 11 is 0. The van der Waals surface area contributed by atoms with E-state index in [0.29, 0.717) is 0 Å². The van der Waals surface area contributed by atoms with Crippen molar-refractivity contribution in [3.05, 3.63) is 29.6 Å². The Morgan fingerprint density at radius 2 is 1.68 bits per heavy atom. The Kier molecular flexibility index (Phi) is 6.35. The fourth-order valence-electron chi connectivity index (χ4n) is 2.96. The minimum absolute atomic E-state index is 0.0432. The summed E-state index contributed by atoms with van der Waals surface area (Å²) in [4.78, 5) is 0. The molecule has 1 aromatic carbocycles. The maximum Gasteiger partial charge on any atom is 0.418 e. The van der Waals surface area contributed by atoms with Crippen LogP contribution in [0.2, 0.25) is 19.6 Å². The zero-order valence-electron chi connectivity index (χ0n) is 15.4. The number of alkyl halides is 3. The van der Waals surface area contributed by atoms with Crippen molar-refractivity contribution >= 4 is 8.32 Å². The zero-order valence-corrected chi connectivity index (χ0v) is 16.4. The smallest absolute Gasteiger partial charge is 0.418 e. The predicted octanol–water partition coefficient (Wildman–Crippen LogP) is 4.65. The Morgan fingerprint density at radius 1 is 1.12 bits per heavy atom. The van der Waals surface area contributed by atoms with Crippen LogP contribution < -0.4 is 4.74 Å². The highest BCUT2D eigenvalue weighted by molar-refractivity contribution is 6.69. The molecule has 0 saturated heterocycles. The Morgan fingerprint density at radius 3 is 2.08 bits per heavy atom.